The first kappa shape index (κ1) is 18.9. The lowest BCUT2D eigenvalue weighted by molar-refractivity contribution is -0.279. The summed E-state index contributed by atoms with van der Waals surface area (Å²) >= 11 is 0. The van der Waals surface area contributed by atoms with E-state index in [1.54, 1.807) is 0 Å². The molecule has 3 unspecified atom stereocenters. The molecule has 3 rings (SSSR count). The van der Waals surface area contributed by atoms with Crippen LogP contribution in [0, 0.1) is 24.2 Å². The molecule has 0 saturated heterocycles. The highest BCUT2D eigenvalue weighted by atomic mass is 17.2. The predicted molar refractivity (Wildman–Crippen MR) is 96.8 cm³/mol. The van der Waals surface area contributed by atoms with Gasteiger partial charge in [0, 0.05) is 24.3 Å². The highest BCUT2D eigenvalue weighted by molar-refractivity contribution is 5.83. The molecule has 0 radical (unpaired) electrons. The number of hydrogen-bond acceptors (Lipinski definition) is 5. The van der Waals surface area contributed by atoms with E-state index in [1.807, 2.05) is 13.0 Å². The zero-order valence-electron chi connectivity index (χ0n) is 16.1. The topological polar surface area (TPSA) is 68.6 Å². The molecule has 1 aromatic carbocycles. The zero-order chi connectivity index (χ0) is 18.9. The molecule has 26 heavy (non-hydrogen) atoms. The number of benzene rings is 1. The van der Waals surface area contributed by atoms with E-state index in [4.69, 9.17) is 9.62 Å². The van der Waals surface area contributed by atoms with Gasteiger partial charge in [0.05, 0.1) is 25.2 Å². The summed E-state index contributed by atoms with van der Waals surface area (Å²) in [5.41, 5.74) is 2.34. The van der Waals surface area contributed by atoms with E-state index in [0.29, 0.717) is 19.3 Å². The van der Waals surface area contributed by atoms with Crippen molar-refractivity contribution in [1.82, 2.24) is 0 Å². The molecule has 0 aromatic heterocycles. The number of Topliss-reactive ketones (excluding diaryl/α,β-unsaturated/α-hetero) is 1. The van der Waals surface area contributed by atoms with Gasteiger partial charge in [-0.2, -0.15) is 5.26 Å². The summed E-state index contributed by atoms with van der Waals surface area (Å²) in [6.45, 7) is 6.48. The molecule has 1 aliphatic heterocycles. The van der Waals surface area contributed by atoms with E-state index in [2.05, 4.69) is 30.9 Å². The van der Waals surface area contributed by atoms with E-state index in [9.17, 15) is 10.1 Å². The number of ketones is 1. The number of nitrogens with zero attached hydrogens (tertiary/aromatic N) is 1. The van der Waals surface area contributed by atoms with Crippen molar-refractivity contribution < 1.29 is 19.3 Å². The van der Waals surface area contributed by atoms with Crippen molar-refractivity contribution in [1.29, 1.82) is 5.26 Å². The van der Waals surface area contributed by atoms with Crippen molar-refractivity contribution >= 4 is 5.78 Å². The van der Waals surface area contributed by atoms with Gasteiger partial charge in [-0.15, -0.1) is 0 Å². The minimum Gasteiger partial charge on any atom is -0.487 e. The van der Waals surface area contributed by atoms with Crippen molar-refractivity contribution in [2.75, 3.05) is 13.7 Å². The Morgan fingerprint density at radius 2 is 2.19 bits per heavy atom. The monoisotopic (exact) mass is 357 g/mol. The Balaban J connectivity index is 2.01. The quantitative estimate of drug-likeness (QED) is 0.592. The largest absolute Gasteiger partial charge is 0.487 e. The Bertz CT molecular complexity index is 753. The van der Waals surface area contributed by atoms with Crippen LogP contribution < -0.4 is 4.74 Å². The zero-order valence-corrected chi connectivity index (χ0v) is 16.1. The van der Waals surface area contributed by atoms with Gasteiger partial charge < -0.3 is 4.74 Å². The molecule has 5 heteroatoms. The van der Waals surface area contributed by atoms with E-state index in [-0.39, 0.29) is 23.9 Å². The molecule has 3 atom stereocenters. The smallest absolute Gasteiger partial charge is 0.138 e. The molecule has 0 amide bonds. The lowest BCUT2D eigenvalue weighted by Crippen LogP contribution is -2.39. The van der Waals surface area contributed by atoms with E-state index >= 15 is 0 Å². The third kappa shape index (κ3) is 3.13. The minimum atomic E-state index is -0.685. The molecule has 140 valence electrons. The Morgan fingerprint density at radius 1 is 1.42 bits per heavy atom. The maximum atomic E-state index is 12.3. The van der Waals surface area contributed by atoms with Crippen LogP contribution in [0.15, 0.2) is 12.1 Å². The fraction of sp³-hybridized carbons (Fsp3) is 0.619. The normalized spacial score (nSPS) is 30.6. The van der Waals surface area contributed by atoms with Crippen molar-refractivity contribution in [3.05, 3.63) is 28.8 Å². The molecule has 0 spiro atoms. The second kappa shape index (κ2) is 7.02. The molecule has 2 aliphatic rings. The maximum Gasteiger partial charge on any atom is 0.138 e. The molecule has 5 nitrogen and oxygen atoms in total. The van der Waals surface area contributed by atoms with Crippen LogP contribution >= 0.6 is 0 Å². The summed E-state index contributed by atoms with van der Waals surface area (Å²) in [4.78, 5) is 22.0. The molecule has 1 fully saturated rings. The Labute approximate surface area is 155 Å². The first-order valence-electron chi connectivity index (χ1n) is 9.29. The van der Waals surface area contributed by atoms with Crippen LogP contribution in [0.25, 0.3) is 0 Å². The number of nitriles is 1. The van der Waals surface area contributed by atoms with Crippen LogP contribution in [-0.4, -0.2) is 25.1 Å². The molecule has 1 aliphatic carbocycles. The number of carbonyl (C=O) groups excluding carboxylic acids is 1. The van der Waals surface area contributed by atoms with Gasteiger partial charge in [0.1, 0.15) is 17.1 Å². The van der Waals surface area contributed by atoms with Gasteiger partial charge in [-0.3, -0.25) is 4.79 Å². The fourth-order valence-electron chi connectivity index (χ4n) is 4.25. The third-order valence-electron chi connectivity index (χ3n) is 6.07. The van der Waals surface area contributed by atoms with Crippen molar-refractivity contribution in [2.24, 2.45) is 5.92 Å². The minimum absolute atomic E-state index is 0.145. The molecule has 1 aromatic rings. The van der Waals surface area contributed by atoms with Gasteiger partial charge in [-0.25, -0.2) is 9.78 Å². The van der Waals surface area contributed by atoms with E-state index in [1.165, 1.54) is 7.11 Å². The molecular weight excluding hydrogens is 330 g/mol. The summed E-state index contributed by atoms with van der Waals surface area (Å²) < 4.78 is 6.29. The first-order valence-corrected chi connectivity index (χ1v) is 9.29. The van der Waals surface area contributed by atoms with Crippen molar-refractivity contribution in [2.45, 2.75) is 63.9 Å². The van der Waals surface area contributed by atoms with Crippen LogP contribution in [0.5, 0.6) is 5.75 Å². The number of carbonyl (C=O) groups is 1. The Morgan fingerprint density at radius 3 is 2.85 bits per heavy atom. The predicted octanol–water partition coefficient (Wildman–Crippen LogP) is 3.81. The van der Waals surface area contributed by atoms with E-state index in [0.717, 1.165) is 35.3 Å². The van der Waals surface area contributed by atoms with Crippen LogP contribution in [0.4, 0.5) is 0 Å². The van der Waals surface area contributed by atoms with Crippen LogP contribution in [0.2, 0.25) is 0 Å². The standard InChI is InChI=1S/C21H27NO4/c1-5-20(3)11-16-17(7-6-14(2)19(16)26-20)21(13-22)9-8-18(23)15(10-21)12-25-24-4/h6-7,15H,5,8-12H2,1-4H3. The third-order valence-corrected chi connectivity index (χ3v) is 6.07. The van der Waals surface area contributed by atoms with Crippen LogP contribution in [0.3, 0.4) is 0 Å². The SMILES string of the molecule is CCC1(C)Cc2c(C3(C#N)CCC(=O)C(COOC)C3)ccc(C)c2O1. The fourth-order valence-corrected chi connectivity index (χ4v) is 4.25. The second-order valence-corrected chi connectivity index (χ2v) is 7.83. The number of fused-ring (bicyclic) bond motifs is 1. The van der Waals surface area contributed by atoms with Gasteiger partial charge in [0.15, 0.2) is 0 Å². The van der Waals surface area contributed by atoms with Gasteiger partial charge in [0.25, 0.3) is 0 Å². The number of ether oxygens (including phenoxy) is 1. The average molecular weight is 357 g/mol. The summed E-state index contributed by atoms with van der Waals surface area (Å²) in [6.07, 6.45) is 3.10. The van der Waals surface area contributed by atoms with Gasteiger partial charge in [0.2, 0.25) is 0 Å². The summed E-state index contributed by atoms with van der Waals surface area (Å²) in [7, 11) is 1.43. The molecule has 0 N–H and O–H groups in total. The lowest BCUT2D eigenvalue weighted by atomic mass is 9.65. The molecule has 1 saturated carbocycles. The Kier molecular flexibility index (Phi) is 5.09. The second-order valence-electron chi connectivity index (χ2n) is 7.83. The first-order chi connectivity index (χ1) is 12.4. The summed E-state index contributed by atoms with van der Waals surface area (Å²) in [6, 6.07) is 6.65. The number of aryl methyl sites for hydroxylation is 1. The van der Waals surface area contributed by atoms with Gasteiger partial charge in [-0.05, 0) is 44.2 Å². The van der Waals surface area contributed by atoms with Gasteiger partial charge in [-0.1, -0.05) is 19.1 Å². The maximum absolute atomic E-state index is 12.3. The highest BCUT2D eigenvalue weighted by Gasteiger charge is 2.46. The Hall–Kier alpha value is -1.90. The summed E-state index contributed by atoms with van der Waals surface area (Å²) in [5, 5.41) is 10.1. The number of rotatable bonds is 5. The highest BCUT2D eigenvalue weighted by Crippen LogP contribution is 2.48. The summed E-state index contributed by atoms with van der Waals surface area (Å²) in [5.74, 6) is 0.745. The van der Waals surface area contributed by atoms with E-state index < -0.39 is 5.41 Å². The lowest BCUT2D eigenvalue weighted by Gasteiger charge is -2.36. The van der Waals surface area contributed by atoms with Gasteiger partial charge >= 0.3 is 0 Å². The molecule has 0 bridgehead atoms. The van der Waals surface area contributed by atoms with Crippen LogP contribution in [-0.2, 0) is 26.4 Å². The number of hydrogen-bond donors (Lipinski definition) is 0. The van der Waals surface area contributed by atoms with Crippen molar-refractivity contribution in [3.8, 4) is 11.8 Å². The molecule has 1 heterocycles. The van der Waals surface area contributed by atoms with Crippen molar-refractivity contribution in [3.63, 3.8) is 0 Å². The molecular formula is C21H27NO4. The van der Waals surface area contributed by atoms with Crippen LogP contribution in [0.1, 0.15) is 56.2 Å². The average Bonchev–Trinajstić information content (AvgIpc) is 3.01.